The van der Waals surface area contributed by atoms with Crippen LogP contribution in [0.1, 0.15) is 5.89 Å². The molecule has 0 aliphatic rings. The number of nitrogens with zero attached hydrogens (tertiary/aromatic N) is 4. The van der Waals surface area contributed by atoms with Crippen LogP contribution in [0, 0.1) is 0 Å². The molecular formula is C14H14N4OS. The fourth-order valence-corrected chi connectivity index (χ4v) is 2.63. The van der Waals surface area contributed by atoms with Gasteiger partial charge in [-0.3, -0.25) is 0 Å². The first-order valence-corrected chi connectivity index (χ1v) is 7.29. The van der Waals surface area contributed by atoms with Gasteiger partial charge >= 0.3 is 0 Å². The first kappa shape index (κ1) is 12.9. The molecule has 2 aromatic heterocycles. The van der Waals surface area contributed by atoms with Gasteiger partial charge in [0, 0.05) is 37.2 Å². The van der Waals surface area contributed by atoms with Crippen LogP contribution in [0.4, 0.5) is 0 Å². The highest BCUT2D eigenvalue weighted by Crippen LogP contribution is 2.19. The van der Waals surface area contributed by atoms with Gasteiger partial charge in [0.2, 0.25) is 11.8 Å². The SMILES string of the molecule is Cn1ccnc1SCCc1nnc(-c2ccccc2)o1. The summed E-state index contributed by atoms with van der Waals surface area (Å²) in [6, 6.07) is 9.79. The number of aromatic nitrogens is 4. The standard InChI is InChI=1S/C14H14N4OS/c1-18-9-8-15-14(18)20-10-7-12-16-17-13(19-12)11-5-3-2-4-6-11/h2-6,8-9H,7,10H2,1H3. The molecule has 3 aromatic rings. The van der Waals surface area contributed by atoms with E-state index in [9.17, 15) is 0 Å². The predicted octanol–water partition coefficient (Wildman–Crippen LogP) is 2.80. The van der Waals surface area contributed by atoms with Crippen LogP contribution in [0.25, 0.3) is 11.5 Å². The lowest BCUT2D eigenvalue weighted by molar-refractivity contribution is 0.514. The molecule has 0 radical (unpaired) electrons. The van der Waals surface area contributed by atoms with Crippen molar-refractivity contribution in [3.05, 3.63) is 48.6 Å². The van der Waals surface area contributed by atoms with Gasteiger partial charge in [0.05, 0.1) is 0 Å². The summed E-state index contributed by atoms with van der Waals surface area (Å²) in [7, 11) is 1.98. The average Bonchev–Trinajstić information content (AvgIpc) is 3.10. The quantitative estimate of drug-likeness (QED) is 0.675. The Bertz CT molecular complexity index is 677. The van der Waals surface area contributed by atoms with Crippen LogP contribution in [0.15, 0.2) is 52.3 Å². The van der Waals surface area contributed by atoms with Crippen molar-refractivity contribution in [2.75, 3.05) is 5.75 Å². The van der Waals surface area contributed by atoms with Crippen LogP contribution >= 0.6 is 11.8 Å². The van der Waals surface area contributed by atoms with Crippen LogP contribution < -0.4 is 0 Å². The second kappa shape index (κ2) is 5.92. The molecule has 0 spiro atoms. The van der Waals surface area contributed by atoms with Gasteiger partial charge in [-0.2, -0.15) is 0 Å². The summed E-state index contributed by atoms with van der Waals surface area (Å²) in [6.45, 7) is 0. The third kappa shape index (κ3) is 2.91. The summed E-state index contributed by atoms with van der Waals surface area (Å²) in [5.74, 6) is 2.09. The number of aryl methyl sites for hydroxylation is 2. The topological polar surface area (TPSA) is 56.7 Å². The maximum absolute atomic E-state index is 5.66. The lowest BCUT2D eigenvalue weighted by Gasteiger charge is -1.99. The zero-order valence-electron chi connectivity index (χ0n) is 11.1. The normalized spacial score (nSPS) is 10.8. The molecule has 0 saturated carbocycles. The Morgan fingerprint density at radius 2 is 2.05 bits per heavy atom. The maximum Gasteiger partial charge on any atom is 0.247 e. The van der Waals surface area contributed by atoms with Crippen molar-refractivity contribution in [3.63, 3.8) is 0 Å². The van der Waals surface area contributed by atoms with E-state index in [1.807, 2.05) is 48.1 Å². The largest absolute Gasteiger partial charge is 0.421 e. The lowest BCUT2D eigenvalue weighted by atomic mass is 10.2. The Kier molecular flexibility index (Phi) is 3.83. The van der Waals surface area contributed by atoms with E-state index in [1.54, 1.807) is 18.0 Å². The van der Waals surface area contributed by atoms with E-state index >= 15 is 0 Å². The van der Waals surface area contributed by atoms with E-state index < -0.39 is 0 Å². The smallest absolute Gasteiger partial charge is 0.247 e. The van der Waals surface area contributed by atoms with E-state index in [0.717, 1.165) is 22.9 Å². The highest BCUT2D eigenvalue weighted by atomic mass is 32.2. The predicted molar refractivity (Wildman–Crippen MR) is 77.4 cm³/mol. The molecule has 0 fully saturated rings. The van der Waals surface area contributed by atoms with Crippen molar-refractivity contribution in [3.8, 4) is 11.5 Å². The van der Waals surface area contributed by atoms with Crippen molar-refractivity contribution >= 4 is 11.8 Å². The molecule has 1 aromatic carbocycles. The van der Waals surface area contributed by atoms with Gasteiger partial charge in [-0.15, -0.1) is 10.2 Å². The highest BCUT2D eigenvalue weighted by Gasteiger charge is 2.08. The van der Waals surface area contributed by atoms with Crippen molar-refractivity contribution in [2.24, 2.45) is 7.05 Å². The Morgan fingerprint density at radius 1 is 1.20 bits per heavy atom. The maximum atomic E-state index is 5.66. The Hall–Kier alpha value is -2.08. The van der Waals surface area contributed by atoms with E-state index in [-0.39, 0.29) is 0 Å². The van der Waals surface area contributed by atoms with Gasteiger partial charge in [0.25, 0.3) is 0 Å². The Balaban J connectivity index is 1.59. The number of rotatable bonds is 5. The van der Waals surface area contributed by atoms with Crippen LogP contribution in [0.2, 0.25) is 0 Å². The minimum absolute atomic E-state index is 0.572. The number of benzene rings is 1. The minimum atomic E-state index is 0.572. The molecule has 20 heavy (non-hydrogen) atoms. The monoisotopic (exact) mass is 286 g/mol. The number of thioether (sulfide) groups is 1. The summed E-state index contributed by atoms with van der Waals surface area (Å²) >= 11 is 1.68. The summed E-state index contributed by atoms with van der Waals surface area (Å²) in [6.07, 6.45) is 4.46. The van der Waals surface area contributed by atoms with Gasteiger partial charge in [-0.25, -0.2) is 4.98 Å². The van der Waals surface area contributed by atoms with Crippen LogP contribution in [-0.4, -0.2) is 25.5 Å². The van der Waals surface area contributed by atoms with E-state index in [0.29, 0.717) is 11.8 Å². The van der Waals surface area contributed by atoms with Crippen molar-refractivity contribution in [1.29, 1.82) is 0 Å². The number of hydrogen-bond acceptors (Lipinski definition) is 5. The third-order valence-electron chi connectivity index (χ3n) is 2.81. The average molecular weight is 286 g/mol. The molecule has 0 bridgehead atoms. The fourth-order valence-electron chi connectivity index (χ4n) is 1.77. The molecule has 0 aliphatic heterocycles. The second-order valence-corrected chi connectivity index (χ2v) is 5.35. The minimum Gasteiger partial charge on any atom is -0.421 e. The zero-order chi connectivity index (χ0) is 13.8. The highest BCUT2D eigenvalue weighted by molar-refractivity contribution is 7.99. The Morgan fingerprint density at radius 3 is 2.80 bits per heavy atom. The Labute approximate surface area is 121 Å². The molecule has 0 atom stereocenters. The number of hydrogen-bond donors (Lipinski definition) is 0. The molecule has 0 N–H and O–H groups in total. The molecular weight excluding hydrogens is 272 g/mol. The van der Waals surface area contributed by atoms with Crippen LogP contribution in [-0.2, 0) is 13.5 Å². The van der Waals surface area contributed by atoms with E-state index in [4.69, 9.17) is 4.42 Å². The van der Waals surface area contributed by atoms with Gasteiger partial charge < -0.3 is 8.98 Å². The molecule has 5 nitrogen and oxygen atoms in total. The summed E-state index contributed by atoms with van der Waals surface area (Å²) in [5, 5.41) is 9.14. The summed E-state index contributed by atoms with van der Waals surface area (Å²) in [5.41, 5.74) is 0.947. The van der Waals surface area contributed by atoms with E-state index in [2.05, 4.69) is 15.2 Å². The van der Waals surface area contributed by atoms with E-state index in [1.165, 1.54) is 0 Å². The van der Waals surface area contributed by atoms with Crippen molar-refractivity contribution in [1.82, 2.24) is 19.7 Å². The molecule has 102 valence electrons. The van der Waals surface area contributed by atoms with Crippen molar-refractivity contribution in [2.45, 2.75) is 11.6 Å². The molecule has 3 rings (SSSR count). The van der Waals surface area contributed by atoms with Crippen molar-refractivity contribution < 1.29 is 4.42 Å². The second-order valence-electron chi connectivity index (χ2n) is 4.29. The van der Waals surface area contributed by atoms with Gasteiger partial charge in [0.15, 0.2) is 5.16 Å². The molecule has 0 amide bonds. The first-order valence-electron chi connectivity index (χ1n) is 6.31. The fraction of sp³-hybridized carbons (Fsp3) is 0.214. The number of imidazole rings is 1. The summed E-state index contributed by atoms with van der Waals surface area (Å²) in [4.78, 5) is 4.26. The molecule has 0 aliphatic carbocycles. The van der Waals surface area contributed by atoms with Gasteiger partial charge in [-0.1, -0.05) is 30.0 Å². The molecule has 0 saturated heterocycles. The molecule has 6 heteroatoms. The summed E-state index contributed by atoms with van der Waals surface area (Å²) < 4.78 is 7.65. The van der Waals surface area contributed by atoms with Gasteiger partial charge in [0.1, 0.15) is 0 Å². The third-order valence-corrected chi connectivity index (χ3v) is 3.87. The zero-order valence-corrected chi connectivity index (χ0v) is 11.9. The lowest BCUT2D eigenvalue weighted by Crippen LogP contribution is -1.93. The molecule has 2 heterocycles. The van der Waals surface area contributed by atoms with Gasteiger partial charge in [-0.05, 0) is 12.1 Å². The first-order chi connectivity index (χ1) is 9.83. The molecule has 0 unspecified atom stereocenters. The van der Waals surface area contributed by atoms with Crippen LogP contribution in [0.5, 0.6) is 0 Å². The van der Waals surface area contributed by atoms with Crippen LogP contribution in [0.3, 0.4) is 0 Å².